The molecule has 1 N–H and O–H groups in total. The fourth-order valence-electron chi connectivity index (χ4n) is 3.16. The van der Waals surface area contributed by atoms with E-state index in [2.05, 4.69) is 10.1 Å². The smallest absolute Gasteiger partial charge is 0.394 e. The highest BCUT2D eigenvalue weighted by atomic mass is 19.4. The van der Waals surface area contributed by atoms with Gasteiger partial charge < -0.3 is 10.0 Å². The molecule has 0 aliphatic carbocycles. The Balaban J connectivity index is 1.91. The van der Waals surface area contributed by atoms with Crippen LogP contribution in [0.15, 0.2) is 12.3 Å². The van der Waals surface area contributed by atoms with E-state index in [1.54, 1.807) is 14.0 Å². The van der Waals surface area contributed by atoms with E-state index >= 15 is 0 Å². The normalized spacial score (nSPS) is 21.1. The number of rotatable bonds is 2. The van der Waals surface area contributed by atoms with Crippen LogP contribution in [0.1, 0.15) is 16.1 Å². The highest BCUT2D eigenvalue weighted by Crippen LogP contribution is 2.38. The predicted octanol–water partition coefficient (Wildman–Crippen LogP) is 1.61. The average molecular weight is 356 g/mol. The highest BCUT2D eigenvalue weighted by Gasteiger charge is 2.53. The fourth-order valence-corrected chi connectivity index (χ4v) is 3.16. The number of carboxylic acids is 1. The molecule has 0 bridgehead atoms. The second kappa shape index (κ2) is 5.71. The molecule has 2 aromatic rings. The molecule has 134 valence electrons. The molecule has 2 atom stereocenters. The molecule has 1 saturated heterocycles. The number of pyridine rings is 1. The number of alkyl halides is 3. The monoisotopic (exact) mass is 356 g/mol. The van der Waals surface area contributed by atoms with Crippen molar-refractivity contribution in [3.63, 3.8) is 0 Å². The molecule has 2 aromatic heterocycles. The van der Waals surface area contributed by atoms with E-state index in [0.717, 1.165) is 4.90 Å². The second-order valence-electron chi connectivity index (χ2n) is 6.11. The molecule has 1 aliphatic rings. The number of aryl methyl sites for hydroxylation is 2. The molecule has 0 saturated carbocycles. The van der Waals surface area contributed by atoms with Crippen LogP contribution in [0.4, 0.5) is 13.2 Å². The number of fused-ring (bicyclic) bond motifs is 1. The first-order valence-corrected chi connectivity index (χ1v) is 7.47. The van der Waals surface area contributed by atoms with Crippen LogP contribution in [0, 0.1) is 18.8 Å². The minimum absolute atomic E-state index is 0.107. The van der Waals surface area contributed by atoms with Crippen molar-refractivity contribution in [2.75, 3.05) is 13.1 Å². The topological polar surface area (TPSA) is 88.3 Å². The Kier molecular flexibility index (Phi) is 3.92. The summed E-state index contributed by atoms with van der Waals surface area (Å²) in [5.74, 6) is -5.98. The molecule has 0 unspecified atom stereocenters. The quantitative estimate of drug-likeness (QED) is 0.883. The lowest BCUT2D eigenvalue weighted by molar-refractivity contribution is -0.187. The number of nitrogens with zero attached hydrogens (tertiary/aromatic N) is 4. The highest BCUT2D eigenvalue weighted by molar-refractivity contribution is 5.97. The van der Waals surface area contributed by atoms with Crippen LogP contribution >= 0.6 is 0 Å². The van der Waals surface area contributed by atoms with E-state index in [1.165, 1.54) is 16.9 Å². The Morgan fingerprint density at radius 1 is 1.32 bits per heavy atom. The van der Waals surface area contributed by atoms with Gasteiger partial charge in [-0.3, -0.25) is 14.3 Å². The van der Waals surface area contributed by atoms with Gasteiger partial charge in [0.25, 0.3) is 5.91 Å². The van der Waals surface area contributed by atoms with Crippen LogP contribution in [-0.2, 0) is 11.8 Å². The summed E-state index contributed by atoms with van der Waals surface area (Å²) in [6, 6.07) is 1.52. The predicted molar refractivity (Wildman–Crippen MR) is 79.8 cm³/mol. The van der Waals surface area contributed by atoms with Crippen molar-refractivity contribution in [1.82, 2.24) is 19.7 Å². The molecule has 10 heteroatoms. The summed E-state index contributed by atoms with van der Waals surface area (Å²) in [6.07, 6.45) is -3.41. The van der Waals surface area contributed by atoms with Crippen molar-refractivity contribution in [3.05, 3.63) is 23.5 Å². The van der Waals surface area contributed by atoms with Crippen LogP contribution in [-0.4, -0.2) is 55.9 Å². The van der Waals surface area contributed by atoms with E-state index in [0.29, 0.717) is 16.7 Å². The Morgan fingerprint density at radius 3 is 2.56 bits per heavy atom. The lowest BCUT2D eigenvalue weighted by Crippen LogP contribution is -2.34. The first-order valence-electron chi connectivity index (χ1n) is 7.47. The first kappa shape index (κ1) is 17.2. The van der Waals surface area contributed by atoms with Gasteiger partial charge in [-0.05, 0) is 13.0 Å². The first-order chi connectivity index (χ1) is 11.6. The molecule has 3 rings (SSSR count). The van der Waals surface area contributed by atoms with E-state index in [-0.39, 0.29) is 5.56 Å². The molecule has 1 aliphatic heterocycles. The molecule has 0 aromatic carbocycles. The second-order valence-corrected chi connectivity index (χ2v) is 6.11. The number of likely N-dealkylation sites (tertiary alicyclic amines) is 1. The minimum atomic E-state index is -4.68. The zero-order chi connectivity index (χ0) is 18.5. The number of hydrogen-bond acceptors (Lipinski definition) is 4. The number of aliphatic carboxylic acids is 1. The van der Waals surface area contributed by atoms with Crippen LogP contribution in [0.25, 0.3) is 11.0 Å². The van der Waals surface area contributed by atoms with Gasteiger partial charge in [0, 0.05) is 31.7 Å². The van der Waals surface area contributed by atoms with Crippen LogP contribution in [0.5, 0.6) is 0 Å². The molecular weight excluding hydrogens is 341 g/mol. The lowest BCUT2D eigenvalue weighted by Gasteiger charge is -2.18. The third-order valence-corrected chi connectivity index (χ3v) is 4.45. The summed E-state index contributed by atoms with van der Waals surface area (Å²) in [6.45, 7) is 0.569. The standard InChI is InChI=1S/C15H15F3N4O3/c1-7-9-3-8(4-19-12(9)21(2)20-7)13(23)22-5-10(14(24)25)11(6-22)15(16,17)18/h3-4,10-11H,5-6H2,1-2H3,(H,24,25)/t10-,11-/m1/s1. The zero-order valence-corrected chi connectivity index (χ0v) is 13.4. The largest absolute Gasteiger partial charge is 0.481 e. The summed E-state index contributed by atoms with van der Waals surface area (Å²) in [5.41, 5.74) is 1.29. The maximum Gasteiger partial charge on any atom is 0.394 e. The van der Waals surface area contributed by atoms with Gasteiger partial charge >= 0.3 is 12.1 Å². The number of carbonyl (C=O) groups is 2. The van der Waals surface area contributed by atoms with Crippen molar-refractivity contribution >= 4 is 22.9 Å². The Bertz CT molecular complexity index is 862. The van der Waals surface area contributed by atoms with Gasteiger partial charge in [-0.15, -0.1) is 0 Å². The van der Waals surface area contributed by atoms with Gasteiger partial charge in [-0.25, -0.2) is 4.98 Å². The Labute approximate surface area is 140 Å². The third-order valence-electron chi connectivity index (χ3n) is 4.45. The summed E-state index contributed by atoms with van der Waals surface area (Å²) >= 11 is 0. The maximum atomic E-state index is 13.0. The fraction of sp³-hybridized carbons (Fsp3) is 0.467. The summed E-state index contributed by atoms with van der Waals surface area (Å²) < 4.78 is 40.7. The van der Waals surface area contributed by atoms with Crippen molar-refractivity contribution in [2.24, 2.45) is 18.9 Å². The number of hydrogen-bond donors (Lipinski definition) is 1. The van der Waals surface area contributed by atoms with Gasteiger partial charge in [0.15, 0.2) is 5.65 Å². The van der Waals surface area contributed by atoms with Crippen LogP contribution in [0.3, 0.4) is 0 Å². The lowest BCUT2D eigenvalue weighted by atomic mass is 9.96. The number of carboxylic acid groups (broad SMARTS) is 1. The molecule has 1 fully saturated rings. The van der Waals surface area contributed by atoms with Gasteiger partial charge in [0.1, 0.15) is 0 Å². The molecule has 1 amide bonds. The molecular formula is C15H15F3N4O3. The van der Waals surface area contributed by atoms with Crippen molar-refractivity contribution in [1.29, 1.82) is 0 Å². The molecule has 25 heavy (non-hydrogen) atoms. The number of carbonyl (C=O) groups excluding carboxylic acids is 1. The number of halogens is 3. The third kappa shape index (κ3) is 2.92. The number of aromatic nitrogens is 3. The summed E-state index contributed by atoms with van der Waals surface area (Å²) in [4.78, 5) is 28.7. The SMILES string of the molecule is Cc1nn(C)c2ncc(C(=O)N3C[C@@H](C(F)(F)F)[C@H](C(=O)O)C3)cc12. The van der Waals surface area contributed by atoms with Gasteiger partial charge in [0.05, 0.1) is 23.1 Å². The van der Waals surface area contributed by atoms with E-state index in [4.69, 9.17) is 5.11 Å². The van der Waals surface area contributed by atoms with E-state index in [9.17, 15) is 22.8 Å². The molecule has 0 radical (unpaired) electrons. The van der Waals surface area contributed by atoms with E-state index in [1.807, 2.05) is 0 Å². The van der Waals surface area contributed by atoms with Gasteiger partial charge in [-0.2, -0.15) is 18.3 Å². The van der Waals surface area contributed by atoms with Crippen LogP contribution in [0.2, 0.25) is 0 Å². The minimum Gasteiger partial charge on any atom is -0.481 e. The van der Waals surface area contributed by atoms with Gasteiger partial charge in [0.2, 0.25) is 0 Å². The Morgan fingerprint density at radius 2 is 2.00 bits per heavy atom. The average Bonchev–Trinajstić information content (AvgIpc) is 3.09. The number of amides is 1. The summed E-state index contributed by atoms with van der Waals surface area (Å²) in [7, 11) is 1.69. The molecule has 7 nitrogen and oxygen atoms in total. The van der Waals surface area contributed by atoms with Crippen LogP contribution < -0.4 is 0 Å². The summed E-state index contributed by atoms with van der Waals surface area (Å²) in [5, 5.41) is 13.8. The molecule has 3 heterocycles. The Hall–Kier alpha value is -2.65. The van der Waals surface area contributed by atoms with E-state index < -0.39 is 43.0 Å². The maximum absolute atomic E-state index is 13.0. The zero-order valence-electron chi connectivity index (χ0n) is 13.4. The van der Waals surface area contributed by atoms with Crippen molar-refractivity contribution in [2.45, 2.75) is 13.1 Å². The van der Waals surface area contributed by atoms with Gasteiger partial charge in [-0.1, -0.05) is 0 Å². The molecule has 0 spiro atoms. The van der Waals surface area contributed by atoms with Crippen molar-refractivity contribution < 1.29 is 27.9 Å². The van der Waals surface area contributed by atoms with Crippen molar-refractivity contribution in [3.8, 4) is 0 Å².